The summed E-state index contributed by atoms with van der Waals surface area (Å²) in [5, 5.41) is 59.3. The first-order valence-corrected chi connectivity index (χ1v) is 6.16. The third kappa shape index (κ3) is 2.04. The summed E-state index contributed by atoms with van der Waals surface area (Å²) in [5.74, 6) is -2.46. The molecule has 7 heteroatoms. The van der Waals surface area contributed by atoms with Gasteiger partial charge in [-0.3, -0.25) is 0 Å². The van der Waals surface area contributed by atoms with Gasteiger partial charge >= 0.3 is 0 Å². The second-order valence-electron chi connectivity index (χ2n) is 4.87. The maximum atomic E-state index is 10.6. The summed E-state index contributed by atoms with van der Waals surface area (Å²) >= 11 is 0. The number of rotatable bonds is 3. The SMILES string of the molecule is OC[C@H]1O[C@](O)(c2ccccc2)[C@@](O)(CO)[C@@H](O)[C@@H]1O. The lowest BCUT2D eigenvalue weighted by Crippen LogP contribution is -2.72. The van der Waals surface area contributed by atoms with Crippen molar-refractivity contribution in [1.29, 1.82) is 0 Å². The monoisotopic (exact) mass is 286 g/mol. The average molecular weight is 286 g/mol. The molecule has 0 unspecified atom stereocenters. The van der Waals surface area contributed by atoms with E-state index in [1.54, 1.807) is 18.2 Å². The molecule has 2 rings (SSSR count). The highest BCUT2D eigenvalue weighted by Gasteiger charge is 2.63. The predicted octanol–water partition coefficient (Wildman–Crippen LogP) is -2.33. The number of aliphatic hydroxyl groups excluding tert-OH is 4. The Morgan fingerprint density at radius 2 is 1.65 bits per heavy atom. The van der Waals surface area contributed by atoms with E-state index in [0.29, 0.717) is 0 Å². The summed E-state index contributed by atoms with van der Waals surface area (Å²) in [5.41, 5.74) is -2.44. The standard InChI is InChI=1S/C13H18O7/c14-6-9-10(16)11(17)12(18,7-15)13(19,20-9)8-4-2-1-3-5-8/h1-5,9-11,14-19H,6-7H2/t9-,10-,11+,12-,13-/m1/s1. The van der Waals surface area contributed by atoms with Gasteiger partial charge in [0.1, 0.15) is 18.3 Å². The molecule has 20 heavy (non-hydrogen) atoms. The fraction of sp³-hybridized carbons (Fsp3) is 0.538. The molecule has 1 saturated heterocycles. The summed E-state index contributed by atoms with van der Waals surface area (Å²) in [7, 11) is 0. The highest BCUT2D eigenvalue weighted by atomic mass is 16.7. The second kappa shape index (κ2) is 5.38. The van der Waals surface area contributed by atoms with E-state index in [2.05, 4.69) is 0 Å². The minimum absolute atomic E-state index is 0.0842. The lowest BCUT2D eigenvalue weighted by atomic mass is 9.77. The topological polar surface area (TPSA) is 131 Å². The first-order valence-electron chi connectivity index (χ1n) is 6.16. The molecule has 0 radical (unpaired) electrons. The second-order valence-corrected chi connectivity index (χ2v) is 4.87. The maximum absolute atomic E-state index is 10.6. The minimum Gasteiger partial charge on any atom is -0.394 e. The molecule has 1 aromatic carbocycles. The summed E-state index contributed by atoms with van der Waals surface area (Å²) < 4.78 is 5.18. The maximum Gasteiger partial charge on any atom is 0.227 e. The van der Waals surface area contributed by atoms with Crippen molar-refractivity contribution in [3.8, 4) is 0 Å². The van der Waals surface area contributed by atoms with Gasteiger partial charge in [-0.25, -0.2) is 0 Å². The molecule has 112 valence electrons. The smallest absolute Gasteiger partial charge is 0.227 e. The van der Waals surface area contributed by atoms with Crippen molar-refractivity contribution < 1.29 is 35.4 Å². The van der Waals surface area contributed by atoms with Gasteiger partial charge in [0.2, 0.25) is 5.79 Å². The molecule has 0 saturated carbocycles. The molecule has 1 fully saturated rings. The van der Waals surface area contributed by atoms with Crippen LogP contribution < -0.4 is 0 Å². The predicted molar refractivity (Wildman–Crippen MR) is 66.3 cm³/mol. The Morgan fingerprint density at radius 1 is 1.05 bits per heavy atom. The Bertz CT molecular complexity index is 453. The van der Waals surface area contributed by atoms with Crippen LogP contribution in [0.15, 0.2) is 30.3 Å². The van der Waals surface area contributed by atoms with E-state index in [4.69, 9.17) is 9.84 Å². The van der Waals surface area contributed by atoms with Gasteiger partial charge < -0.3 is 35.4 Å². The van der Waals surface area contributed by atoms with Crippen LogP contribution in [0.5, 0.6) is 0 Å². The fourth-order valence-electron chi connectivity index (χ4n) is 2.41. The highest BCUT2D eigenvalue weighted by molar-refractivity contribution is 5.26. The van der Waals surface area contributed by atoms with Crippen LogP contribution >= 0.6 is 0 Å². The van der Waals surface area contributed by atoms with Crippen molar-refractivity contribution in [2.45, 2.75) is 29.7 Å². The zero-order chi connectivity index (χ0) is 15.0. The third-order valence-electron chi connectivity index (χ3n) is 3.69. The van der Waals surface area contributed by atoms with Crippen LogP contribution in [0.1, 0.15) is 5.56 Å². The number of aliphatic hydroxyl groups is 6. The molecule has 0 bridgehead atoms. The molecule has 7 nitrogen and oxygen atoms in total. The number of ether oxygens (including phenoxy) is 1. The lowest BCUT2D eigenvalue weighted by molar-refractivity contribution is -0.403. The summed E-state index contributed by atoms with van der Waals surface area (Å²) in [6, 6.07) is 7.67. The van der Waals surface area contributed by atoms with Gasteiger partial charge in [-0.15, -0.1) is 0 Å². The van der Waals surface area contributed by atoms with Crippen molar-refractivity contribution in [2.24, 2.45) is 0 Å². The number of hydrogen-bond acceptors (Lipinski definition) is 7. The minimum atomic E-state index is -2.53. The van der Waals surface area contributed by atoms with Gasteiger partial charge in [0.05, 0.1) is 13.2 Å². The van der Waals surface area contributed by atoms with E-state index < -0.39 is 42.9 Å². The Kier molecular flexibility index (Phi) is 4.12. The van der Waals surface area contributed by atoms with E-state index >= 15 is 0 Å². The van der Waals surface area contributed by atoms with E-state index in [1.165, 1.54) is 12.1 Å². The summed E-state index contributed by atoms with van der Waals surface area (Å²) in [4.78, 5) is 0. The largest absolute Gasteiger partial charge is 0.394 e. The molecule has 1 aliphatic rings. The Labute approximate surface area is 115 Å². The molecule has 1 aliphatic heterocycles. The molecular weight excluding hydrogens is 268 g/mol. The van der Waals surface area contributed by atoms with E-state index in [-0.39, 0.29) is 5.56 Å². The van der Waals surface area contributed by atoms with Gasteiger partial charge in [-0.05, 0) is 0 Å². The van der Waals surface area contributed by atoms with E-state index in [0.717, 1.165) is 0 Å². The van der Waals surface area contributed by atoms with Crippen LogP contribution in [-0.2, 0) is 10.5 Å². The quantitative estimate of drug-likeness (QED) is 0.367. The zero-order valence-corrected chi connectivity index (χ0v) is 10.6. The average Bonchev–Trinajstić information content (AvgIpc) is 2.49. The Hall–Kier alpha value is -1.06. The van der Waals surface area contributed by atoms with Crippen LogP contribution in [0, 0.1) is 0 Å². The number of hydrogen-bond donors (Lipinski definition) is 6. The van der Waals surface area contributed by atoms with Crippen molar-refractivity contribution in [2.75, 3.05) is 13.2 Å². The van der Waals surface area contributed by atoms with Crippen LogP contribution in [-0.4, -0.2) is 67.8 Å². The normalized spacial score (nSPS) is 41.6. The zero-order valence-electron chi connectivity index (χ0n) is 10.6. The number of benzene rings is 1. The van der Waals surface area contributed by atoms with Gasteiger partial charge in [-0.1, -0.05) is 30.3 Å². The summed E-state index contributed by atoms with van der Waals surface area (Å²) in [6.07, 6.45) is -4.85. The van der Waals surface area contributed by atoms with Crippen LogP contribution in [0.2, 0.25) is 0 Å². The van der Waals surface area contributed by atoms with Crippen molar-refractivity contribution in [3.05, 3.63) is 35.9 Å². The molecule has 1 aromatic rings. The van der Waals surface area contributed by atoms with Gasteiger partial charge in [-0.2, -0.15) is 0 Å². The Balaban J connectivity index is 2.52. The molecular formula is C13H18O7. The van der Waals surface area contributed by atoms with E-state index in [1.807, 2.05) is 0 Å². The highest BCUT2D eigenvalue weighted by Crippen LogP contribution is 2.43. The summed E-state index contributed by atoms with van der Waals surface area (Å²) in [6.45, 7) is -1.72. The third-order valence-corrected chi connectivity index (χ3v) is 3.69. The van der Waals surface area contributed by atoms with Gasteiger partial charge in [0, 0.05) is 5.56 Å². The molecule has 1 heterocycles. The van der Waals surface area contributed by atoms with Crippen molar-refractivity contribution >= 4 is 0 Å². The van der Waals surface area contributed by atoms with Crippen molar-refractivity contribution in [1.82, 2.24) is 0 Å². The molecule has 6 N–H and O–H groups in total. The fourth-order valence-corrected chi connectivity index (χ4v) is 2.41. The Morgan fingerprint density at radius 3 is 2.15 bits per heavy atom. The van der Waals surface area contributed by atoms with Crippen LogP contribution in [0.3, 0.4) is 0 Å². The molecule has 0 amide bonds. The van der Waals surface area contributed by atoms with Gasteiger partial charge in [0.25, 0.3) is 0 Å². The first-order chi connectivity index (χ1) is 9.40. The molecule has 0 aliphatic carbocycles. The first kappa shape index (κ1) is 15.3. The van der Waals surface area contributed by atoms with Crippen LogP contribution in [0.25, 0.3) is 0 Å². The van der Waals surface area contributed by atoms with E-state index in [9.17, 15) is 25.5 Å². The van der Waals surface area contributed by atoms with Gasteiger partial charge in [0.15, 0.2) is 5.60 Å². The van der Waals surface area contributed by atoms with Crippen LogP contribution in [0.4, 0.5) is 0 Å². The lowest BCUT2D eigenvalue weighted by Gasteiger charge is -2.52. The molecule has 5 atom stereocenters. The van der Waals surface area contributed by atoms with Crippen molar-refractivity contribution in [3.63, 3.8) is 0 Å². The molecule has 0 aromatic heterocycles. The molecule has 0 spiro atoms.